The number of hydrogen-bond donors (Lipinski definition) is 0. The molecular weight excluding hydrogens is 249 g/mol. The van der Waals surface area contributed by atoms with Crippen molar-refractivity contribution in [3.05, 3.63) is 33.3 Å². The molecule has 1 rings (SSSR count). The van der Waals surface area contributed by atoms with Gasteiger partial charge in [0.2, 0.25) is 0 Å². The smallest absolute Gasteiger partial charge is 0.274 e. The van der Waals surface area contributed by atoms with Crippen LogP contribution in [0.2, 0.25) is 10.0 Å². The molecule has 16 heavy (non-hydrogen) atoms. The average Bonchev–Trinajstić information content (AvgIpc) is 2.29. The zero-order chi connectivity index (χ0) is 12.3. The Hall–Kier alpha value is -0.770. The van der Waals surface area contributed by atoms with Crippen LogP contribution in [-0.4, -0.2) is 25.1 Å². The van der Waals surface area contributed by atoms with E-state index in [9.17, 15) is 4.79 Å². The molecule has 1 aromatic rings. The Balaban J connectivity index is 3.16. The summed E-state index contributed by atoms with van der Waals surface area (Å²) in [6, 6.07) is 3.28. The number of rotatable bonds is 3. The van der Waals surface area contributed by atoms with E-state index in [4.69, 9.17) is 28.0 Å². The van der Waals surface area contributed by atoms with Crippen LogP contribution in [0.4, 0.5) is 0 Å². The minimum atomic E-state index is -0.322. The normalized spacial score (nSPS) is 10.3. The summed E-state index contributed by atoms with van der Waals surface area (Å²) in [6.45, 7) is 1.97. The second kappa shape index (κ2) is 5.53. The van der Waals surface area contributed by atoms with Gasteiger partial charge in [-0.3, -0.25) is 9.63 Å². The largest absolute Gasteiger partial charge is 0.278 e. The molecule has 0 N–H and O–H groups in total. The first-order valence-electron chi connectivity index (χ1n) is 4.81. The number of aryl methyl sites for hydroxylation is 1. The average molecular weight is 262 g/mol. The van der Waals surface area contributed by atoms with Crippen molar-refractivity contribution < 1.29 is 9.63 Å². The van der Waals surface area contributed by atoms with E-state index < -0.39 is 0 Å². The summed E-state index contributed by atoms with van der Waals surface area (Å²) in [5.74, 6) is -0.322. The fraction of sp³-hybridized carbons (Fsp3) is 0.364. The molecule has 0 unspecified atom stereocenters. The Morgan fingerprint density at radius 3 is 2.50 bits per heavy atom. The van der Waals surface area contributed by atoms with Gasteiger partial charge in [0.25, 0.3) is 5.91 Å². The number of hydroxylamine groups is 2. The van der Waals surface area contributed by atoms with Gasteiger partial charge >= 0.3 is 0 Å². The van der Waals surface area contributed by atoms with E-state index in [1.165, 1.54) is 14.2 Å². The number of hydrogen-bond acceptors (Lipinski definition) is 2. The molecule has 1 amide bonds. The summed E-state index contributed by atoms with van der Waals surface area (Å²) in [4.78, 5) is 16.6. The molecule has 0 aromatic heterocycles. The predicted octanol–water partition coefficient (Wildman–Crippen LogP) is 3.19. The van der Waals surface area contributed by atoms with Crippen LogP contribution in [0.5, 0.6) is 0 Å². The number of benzene rings is 1. The zero-order valence-corrected chi connectivity index (χ0v) is 10.9. The summed E-state index contributed by atoms with van der Waals surface area (Å²) in [7, 11) is 2.92. The first-order chi connectivity index (χ1) is 7.51. The number of nitrogens with zero attached hydrogens (tertiary/aromatic N) is 1. The van der Waals surface area contributed by atoms with E-state index in [2.05, 4.69) is 0 Å². The van der Waals surface area contributed by atoms with Crippen molar-refractivity contribution >= 4 is 29.1 Å². The maximum absolute atomic E-state index is 11.8. The predicted molar refractivity (Wildman–Crippen MR) is 64.9 cm³/mol. The van der Waals surface area contributed by atoms with Gasteiger partial charge in [-0.2, -0.15) is 0 Å². The highest BCUT2D eigenvalue weighted by molar-refractivity contribution is 6.36. The molecule has 1 aromatic carbocycles. The van der Waals surface area contributed by atoms with E-state index in [1.54, 1.807) is 12.1 Å². The van der Waals surface area contributed by atoms with Gasteiger partial charge in [0.15, 0.2) is 0 Å². The lowest BCUT2D eigenvalue weighted by Crippen LogP contribution is -2.25. The number of carbonyl (C=O) groups is 1. The minimum absolute atomic E-state index is 0.322. The lowest BCUT2D eigenvalue weighted by molar-refractivity contribution is -0.0756. The number of amides is 1. The molecule has 0 saturated heterocycles. The summed E-state index contributed by atoms with van der Waals surface area (Å²) >= 11 is 12.0. The SMILES string of the molecule is CCc1cc(Cl)c(C(=O)N(C)OC)cc1Cl. The number of carbonyl (C=O) groups excluding carboxylic acids is 1. The van der Waals surface area contributed by atoms with Gasteiger partial charge in [-0.25, -0.2) is 5.06 Å². The Morgan fingerprint density at radius 1 is 1.38 bits per heavy atom. The highest BCUT2D eigenvalue weighted by Gasteiger charge is 2.17. The number of halogens is 2. The van der Waals surface area contributed by atoms with E-state index in [0.717, 1.165) is 17.0 Å². The van der Waals surface area contributed by atoms with Gasteiger partial charge in [-0.05, 0) is 24.1 Å². The maximum Gasteiger partial charge on any atom is 0.278 e. The molecule has 5 heteroatoms. The molecule has 0 aliphatic rings. The molecule has 0 aliphatic carbocycles. The summed E-state index contributed by atoms with van der Waals surface area (Å²) in [5.41, 5.74) is 1.26. The van der Waals surface area contributed by atoms with Crippen LogP contribution >= 0.6 is 23.2 Å². The summed E-state index contributed by atoms with van der Waals surface area (Å²) < 4.78 is 0. The topological polar surface area (TPSA) is 29.5 Å². The highest BCUT2D eigenvalue weighted by atomic mass is 35.5. The van der Waals surface area contributed by atoms with Crippen molar-refractivity contribution in [3.63, 3.8) is 0 Å². The quantitative estimate of drug-likeness (QED) is 0.783. The van der Waals surface area contributed by atoms with E-state index in [0.29, 0.717) is 15.6 Å². The van der Waals surface area contributed by atoms with Crippen molar-refractivity contribution in [1.82, 2.24) is 5.06 Å². The monoisotopic (exact) mass is 261 g/mol. The van der Waals surface area contributed by atoms with E-state index in [-0.39, 0.29) is 5.91 Å². The van der Waals surface area contributed by atoms with Crippen molar-refractivity contribution in [2.75, 3.05) is 14.2 Å². The Morgan fingerprint density at radius 2 is 2.00 bits per heavy atom. The van der Waals surface area contributed by atoms with Crippen LogP contribution in [0.25, 0.3) is 0 Å². The fourth-order valence-corrected chi connectivity index (χ4v) is 1.84. The fourth-order valence-electron chi connectivity index (χ4n) is 1.28. The minimum Gasteiger partial charge on any atom is -0.274 e. The van der Waals surface area contributed by atoms with Crippen molar-refractivity contribution in [1.29, 1.82) is 0 Å². The van der Waals surface area contributed by atoms with Gasteiger partial charge in [0, 0.05) is 12.1 Å². The van der Waals surface area contributed by atoms with Crippen molar-refractivity contribution in [2.45, 2.75) is 13.3 Å². The molecular formula is C11H13Cl2NO2. The van der Waals surface area contributed by atoms with Crippen LogP contribution in [0.3, 0.4) is 0 Å². The molecule has 0 radical (unpaired) electrons. The van der Waals surface area contributed by atoms with Crippen molar-refractivity contribution in [3.8, 4) is 0 Å². The van der Waals surface area contributed by atoms with Crippen molar-refractivity contribution in [2.24, 2.45) is 0 Å². The molecule has 0 fully saturated rings. The Kier molecular flexibility index (Phi) is 4.59. The van der Waals surface area contributed by atoms with Crippen LogP contribution in [0.1, 0.15) is 22.8 Å². The van der Waals surface area contributed by atoms with Crippen LogP contribution in [0.15, 0.2) is 12.1 Å². The third-order valence-electron chi connectivity index (χ3n) is 2.31. The lowest BCUT2D eigenvalue weighted by atomic mass is 10.1. The second-order valence-corrected chi connectivity index (χ2v) is 4.08. The third kappa shape index (κ3) is 2.67. The van der Waals surface area contributed by atoms with Gasteiger partial charge in [-0.15, -0.1) is 0 Å². The molecule has 0 atom stereocenters. The first-order valence-corrected chi connectivity index (χ1v) is 5.57. The van der Waals surface area contributed by atoms with Gasteiger partial charge in [0.1, 0.15) is 0 Å². The Labute approximate surface area is 105 Å². The van der Waals surface area contributed by atoms with Crippen LogP contribution in [0, 0.1) is 0 Å². The zero-order valence-electron chi connectivity index (χ0n) is 9.38. The first kappa shape index (κ1) is 13.3. The third-order valence-corrected chi connectivity index (χ3v) is 2.97. The molecule has 3 nitrogen and oxygen atoms in total. The molecule has 0 saturated carbocycles. The lowest BCUT2D eigenvalue weighted by Gasteiger charge is -2.15. The van der Waals surface area contributed by atoms with E-state index in [1.807, 2.05) is 6.92 Å². The molecule has 0 heterocycles. The molecule has 0 bridgehead atoms. The van der Waals surface area contributed by atoms with E-state index >= 15 is 0 Å². The molecule has 0 spiro atoms. The highest BCUT2D eigenvalue weighted by Crippen LogP contribution is 2.26. The van der Waals surface area contributed by atoms with Gasteiger partial charge in [-0.1, -0.05) is 30.1 Å². The van der Waals surface area contributed by atoms with Gasteiger partial charge in [0.05, 0.1) is 17.7 Å². The van der Waals surface area contributed by atoms with Crippen LogP contribution < -0.4 is 0 Å². The maximum atomic E-state index is 11.8. The summed E-state index contributed by atoms with van der Waals surface area (Å²) in [6.07, 6.45) is 0.771. The van der Waals surface area contributed by atoms with Crippen LogP contribution in [-0.2, 0) is 11.3 Å². The summed E-state index contributed by atoms with van der Waals surface area (Å²) in [5, 5.41) is 2.03. The van der Waals surface area contributed by atoms with Gasteiger partial charge < -0.3 is 0 Å². The molecule has 0 aliphatic heterocycles. The molecule has 88 valence electrons. The Bertz CT molecular complexity index is 407. The second-order valence-electron chi connectivity index (χ2n) is 3.26. The standard InChI is InChI=1S/C11H13Cl2NO2/c1-4-7-5-10(13)8(6-9(7)12)11(15)14(2)16-3/h5-6H,4H2,1-3H3.